The third kappa shape index (κ3) is 3.78. The van der Waals surface area contributed by atoms with Crippen molar-refractivity contribution in [3.05, 3.63) is 56.3 Å². The van der Waals surface area contributed by atoms with E-state index in [9.17, 15) is 4.79 Å². The summed E-state index contributed by atoms with van der Waals surface area (Å²) in [4.78, 5) is 13.0. The van der Waals surface area contributed by atoms with Crippen molar-refractivity contribution in [3.8, 4) is 17.2 Å². The molecule has 6 nitrogen and oxygen atoms in total. The Balaban J connectivity index is 2.02. The molecule has 0 bridgehead atoms. The predicted molar refractivity (Wildman–Crippen MR) is 111 cm³/mol. The fraction of sp³-hybridized carbons (Fsp3) is 0.111. The van der Waals surface area contributed by atoms with Crippen molar-refractivity contribution in [2.45, 2.75) is 0 Å². The van der Waals surface area contributed by atoms with Gasteiger partial charge < -0.3 is 20.5 Å². The van der Waals surface area contributed by atoms with Gasteiger partial charge in [0.2, 0.25) is 0 Å². The Morgan fingerprint density at radius 2 is 1.96 bits per heavy atom. The summed E-state index contributed by atoms with van der Waals surface area (Å²) in [5.41, 5.74) is 7.37. The smallest absolute Gasteiger partial charge is 0.269 e. The van der Waals surface area contributed by atoms with Crippen LogP contribution in [0.1, 0.15) is 9.67 Å². The van der Waals surface area contributed by atoms with E-state index >= 15 is 0 Å². The fourth-order valence-corrected chi connectivity index (χ4v) is 3.92. The van der Waals surface area contributed by atoms with Crippen molar-refractivity contribution in [2.24, 2.45) is 0 Å². The molecule has 0 atom stereocenters. The Kier molecular flexibility index (Phi) is 5.69. The summed E-state index contributed by atoms with van der Waals surface area (Å²) >= 11 is 12.6. The van der Waals surface area contributed by atoms with Crippen LogP contribution in [-0.2, 0) is 0 Å². The second-order valence-electron chi connectivity index (χ2n) is 5.39. The quantitative estimate of drug-likeness (QED) is 0.580. The van der Waals surface area contributed by atoms with Crippen LogP contribution in [0.5, 0.6) is 11.5 Å². The molecule has 0 spiro atoms. The monoisotopic (exact) mass is 421 g/mol. The SMILES string of the molecule is COc1ccc(-n2c(N)c(C(=O)Nc3ccccc3Cl)sc2=S)c(OC)c1. The Labute approximate surface area is 170 Å². The van der Waals surface area contributed by atoms with Gasteiger partial charge in [-0.2, -0.15) is 0 Å². The molecule has 0 saturated carbocycles. The van der Waals surface area contributed by atoms with Gasteiger partial charge in [-0.05, 0) is 36.5 Å². The first-order chi connectivity index (χ1) is 13.0. The molecule has 3 N–H and O–H groups in total. The number of methoxy groups -OCH3 is 2. The number of carbonyl (C=O) groups is 1. The van der Waals surface area contributed by atoms with Crippen LogP contribution < -0.4 is 20.5 Å². The molecule has 3 rings (SSSR count). The van der Waals surface area contributed by atoms with Gasteiger partial charge in [0.15, 0.2) is 3.95 Å². The first kappa shape index (κ1) is 19.2. The molecule has 0 fully saturated rings. The molecule has 0 radical (unpaired) electrons. The Bertz CT molecular complexity index is 1060. The zero-order valence-corrected chi connectivity index (χ0v) is 16.9. The second-order valence-corrected chi connectivity index (χ2v) is 7.44. The van der Waals surface area contributed by atoms with Gasteiger partial charge in [0.05, 0.1) is 30.6 Å². The molecular formula is C18H16ClN3O3S2. The zero-order valence-electron chi connectivity index (χ0n) is 14.5. The largest absolute Gasteiger partial charge is 0.497 e. The van der Waals surface area contributed by atoms with Crippen LogP contribution in [-0.4, -0.2) is 24.7 Å². The van der Waals surface area contributed by atoms with Crippen molar-refractivity contribution in [3.63, 3.8) is 0 Å². The lowest BCUT2D eigenvalue weighted by Gasteiger charge is -2.13. The Hall–Kier alpha value is -2.55. The topological polar surface area (TPSA) is 78.5 Å². The maximum Gasteiger partial charge on any atom is 0.269 e. The van der Waals surface area contributed by atoms with Gasteiger partial charge in [0.25, 0.3) is 5.91 Å². The number of nitrogen functional groups attached to an aromatic ring is 1. The lowest BCUT2D eigenvalue weighted by molar-refractivity contribution is 0.103. The van der Waals surface area contributed by atoms with Crippen LogP contribution in [0.2, 0.25) is 5.02 Å². The summed E-state index contributed by atoms with van der Waals surface area (Å²) in [6.07, 6.45) is 0. The number of amides is 1. The molecule has 0 aliphatic rings. The van der Waals surface area contributed by atoms with E-state index in [-0.39, 0.29) is 16.6 Å². The molecule has 9 heteroatoms. The van der Waals surface area contributed by atoms with Gasteiger partial charge in [-0.25, -0.2) is 0 Å². The fourth-order valence-electron chi connectivity index (χ4n) is 2.49. The van der Waals surface area contributed by atoms with Gasteiger partial charge in [0, 0.05) is 6.07 Å². The lowest BCUT2D eigenvalue weighted by atomic mass is 10.2. The highest BCUT2D eigenvalue weighted by atomic mass is 35.5. The summed E-state index contributed by atoms with van der Waals surface area (Å²) in [7, 11) is 3.10. The maximum absolute atomic E-state index is 12.7. The van der Waals surface area contributed by atoms with Crippen LogP contribution in [0.3, 0.4) is 0 Å². The molecule has 1 aromatic heterocycles. The molecule has 0 aliphatic heterocycles. The molecule has 3 aromatic rings. The molecule has 0 unspecified atom stereocenters. The van der Waals surface area contributed by atoms with Gasteiger partial charge >= 0.3 is 0 Å². The van der Waals surface area contributed by atoms with Crippen LogP contribution in [0.4, 0.5) is 11.5 Å². The van der Waals surface area contributed by atoms with Crippen molar-refractivity contribution in [1.29, 1.82) is 0 Å². The summed E-state index contributed by atoms with van der Waals surface area (Å²) in [6.45, 7) is 0. The molecular weight excluding hydrogens is 406 g/mol. The number of thiazole rings is 1. The average molecular weight is 422 g/mol. The van der Waals surface area contributed by atoms with Crippen molar-refractivity contribution >= 4 is 52.6 Å². The van der Waals surface area contributed by atoms with E-state index in [2.05, 4.69) is 5.32 Å². The number of benzene rings is 2. The van der Waals surface area contributed by atoms with Gasteiger partial charge in [0.1, 0.15) is 22.2 Å². The van der Waals surface area contributed by atoms with Gasteiger partial charge in [-0.15, -0.1) is 0 Å². The van der Waals surface area contributed by atoms with Crippen molar-refractivity contribution in [1.82, 2.24) is 4.57 Å². The molecule has 2 aromatic carbocycles. The minimum atomic E-state index is -0.386. The van der Waals surface area contributed by atoms with E-state index in [1.807, 2.05) is 0 Å². The van der Waals surface area contributed by atoms with Gasteiger partial charge in [-0.1, -0.05) is 35.1 Å². The van der Waals surface area contributed by atoms with E-state index in [0.29, 0.717) is 31.9 Å². The minimum Gasteiger partial charge on any atom is -0.497 e. The first-order valence-electron chi connectivity index (χ1n) is 7.76. The van der Waals surface area contributed by atoms with E-state index in [4.69, 9.17) is 39.0 Å². The molecule has 1 amide bonds. The van der Waals surface area contributed by atoms with Gasteiger partial charge in [-0.3, -0.25) is 9.36 Å². The number of rotatable bonds is 5. The molecule has 27 heavy (non-hydrogen) atoms. The Morgan fingerprint density at radius 1 is 1.22 bits per heavy atom. The van der Waals surface area contributed by atoms with Crippen molar-refractivity contribution < 1.29 is 14.3 Å². The zero-order chi connectivity index (χ0) is 19.6. The summed E-state index contributed by atoms with van der Waals surface area (Å²) in [6, 6.07) is 12.2. The number of aromatic nitrogens is 1. The highest BCUT2D eigenvalue weighted by Gasteiger charge is 2.21. The highest BCUT2D eigenvalue weighted by Crippen LogP contribution is 2.34. The normalized spacial score (nSPS) is 10.5. The number of para-hydroxylation sites is 1. The summed E-state index contributed by atoms with van der Waals surface area (Å²) in [5.74, 6) is 0.988. The third-order valence-corrected chi connectivity index (χ3v) is 5.52. The molecule has 0 aliphatic carbocycles. The number of nitrogens with zero attached hydrogens (tertiary/aromatic N) is 1. The summed E-state index contributed by atoms with van der Waals surface area (Å²) < 4.78 is 12.6. The van der Waals surface area contributed by atoms with Crippen LogP contribution in [0.25, 0.3) is 5.69 Å². The van der Waals surface area contributed by atoms with E-state index in [0.717, 1.165) is 11.3 Å². The standard InChI is InChI=1S/C18H16ClN3O3S2/c1-24-10-7-8-13(14(9-10)25-2)22-16(20)15(27-18(22)26)17(23)21-12-6-4-3-5-11(12)19/h3-9H,20H2,1-2H3,(H,21,23). The Morgan fingerprint density at radius 3 is 2.63 bits per heavy atom. The van der Waals surface area contributed by atoms with Crippen LogP contribution in [0, 0.1) is 3.95 Å². The number of anilines is 2. The number of hydrogen-bond donors (Lipinski definition) is 2. The number of carbonyl (C=O) groups excluding carboxylic acids is 1. The first-order valence-corrected chi connectivity index (χ1v) is 9.36. The maximum atomic E-state index is 12.7. The number of nitrogens with two attached hydrogens (primary N) is 1. The van der Waals surface area contributed by atoms with E-state index in [1.54, 1.807) is 54.1 Å². The predicted octanol–water partition coefficient (Wildman–Crippen LogP) is 4.77. The summed E-state index contributed by atoms with van der Waals surface area (Å²) in [5, 5.41) is 3.19. The van der Waals surface area contributed by atoms with E-state index < -0.39 is 0 Å². The lowest BCUT2D eigenvalue weighted by Crippen LogP contribution is -2.14. The average Bonchev–Trinajstić information content (AvgIpc) is 2.97. The second kappa shape index (κ2) is 7.99. The number of halogens is 1. The molecule has 0 saturated heterocycles. The number of ether oxygens (including phenoxy) is 2. The number of nitrogens with one attached hydrogen (secondary N) is 1. The number of hydrogen-bond acceptors (Lipinski definition) is 6. The molecule has 1 heterocycles. The van der Waals surface area contributed by atoms with Crippen LogP contribution in [0.15, 0.2) is 42.5 Å². The van der Waals surface area contributed by atoms with Crippen molar-refractivity contribution in [2.75, 3.05) is 25.3 Å². The van der Waals surface area contributed by atoms with E-state index in [1.165, 1.54) is 7.11 Å². The molecule has 140 valence electrons. The highest BCUT2D eigenvalue weighted by molar-refractivity contribution is 7.73. The third-order valence-electron chi connectivity index (χ3n) is 3.80. The van der Waals surface area contributed by atoms with Crippen LogP contribution >= 0.6 is 35.2 Å². The minimum absolute atomic E-state index is 0.220.